The number of nitrogens with one attached hydrogen (secondary N) is 2. The average molecular weight is 590 g/mol. The molecule has 0 aliphatic heterocycles. The first kappa shape index (κ1) is 30.5. The molecular formula is C21H24Cl2F3N3O5S2. The molecule has 0 unspecified atom stereocenters. The fraction of sp³-hybridized carbons (Fsp3) is 0.476. The van der Waals surface area contributed by atoms with Gasteiger partial charge >= 0.3 is 6.18 Å². The highest BCUT2D eigenvalue weighted by Crippen LogP contribution is 2.42. The molecule has 0 radical (unpaired) electrons. The summed E-state index contributed by atoms with van der Waals surface area (Å²) < 4.78 is 65.1. The maximum atomic E-state index is 12.9. The number of aliphatic hydroxyl groups is 1. The van der Waals surface area contributed by atoms with E-state index >= 15 is 0 Å². The van der Waals surface area contributed by atoms with Gasteiger partial charge in [0.05, 0.1) is 32.6 Å². The summed E-state index contributed by atoms with van der Waals surface area (Å²) in [5.41, 5.74) is -0.855. The van der Waals surface area contributed by atoms with Crippen LogP contribution in [0.25, 0.3) is 10.4 Å². The molecule has 0 saturated carbocycles. The Morgan fingerprint density at radius 2 is 1.81 bits per heavy atom. The third kappa shape index (κ3) is 7.62. The molecule has 200 valence electrons. The number of aromatic nitrogens is 1. The first-order valence-corrected chi connectivity index (χ1v) is 13.5. The van der Waals surface area contributed by atoms with Crippen LogP contribution in [-0.4, -0.2) is 54.6 Å². The third-order valence-corrected chi connectivity index (χ3v) is 8.44. The van der Waals surface area contributed by atoms with Gasteiger partial charge in [0.1, 0.15) is 16.7 Å². The Morgan fingerprint density at radius 3 is 2.33 bits per heavy atom. The Hall–Kier alpha value is -1.77. The Labute approximate surface area is 220 Å². The lowest BCUT2D eigenvalue weighted by molar-refractivity contribution is -0.147. The van der Waals surface area contributed by atoms with Crippen molar-refractivity contribution in [1.29, 1.82) is 0 Å². The fourth-order valence-corrected chi connectivity index (χ4v) is 5.92. The molecule has 0 aliphatic rings. The first-order valence-electron chi connectivity index (χ1n) is 10.5. The number of rotatable bonds is 10. The van der Waals surface area contributed by atoms with E-state index in [2.05, 4.69) is 10.3 Å². The van der Waals surface area contributed by atoms with Crippen molar-refractivity contribution in [2.45, 2.75) is 63.3 Å². The second kappa shape index (κ2) is 11.3. The van der Waals surface area contributed by atoms with Gasteiger partial charge in [-0.3, -0.25) is 9.59 Å². The molecular weight excluding hydrogens is 566 g/mol. The second-order valence-electron chi connectivity index (χ2n) is 8.48. The molecule has 0 bridgehead atoms. The molecule has 8 nitrogen and oxygen atoms in total. The zero-order valence-corrected chi connectivity index (χ0v) is 22.7. The Morgan fingerprint density at radius 1 is 1.19 bits per heavy atom. The van der Waals surface area contributed by atoms with Crippen LogP contribution in [0.3, 0.4) is 0 Å². The zero-order valence-electron chi connectivity index (χ0n) is 19.6. The number of hydrogen-bond donors (Lipinski definition) is 3. The molecule has 0 aliphatic carbocycles. The highest BCUT2D eigenvalue weighted by Gasteiger charge is 2.39. The molecule has 0 fully saturated rings. The molecule has 1 aromatic heterocycles. The summed E-state index contributed by atoms with van der Waals surface area (Å²) >= 11 is 13.4. The molecule has 0 spiro atoms. The molecule has 1 atom stereocenters. The molecule has 0 saturated heterocycles. The van der Waals surface area contributed by atoms with Gasteiger partial charge in [0.2, 0.25) is 10.0 Å². The zero-order chi connectivity index (χ0) is 27.6. The van der Waals surface area contributed by atoms with Gasteiger partial charge in [-0.25, -0.2) is 13.4 Å². The molecule has 3 N–H and O–H groups in total. The molecule has 15 heteroatoms. The number of carbonyl (C=O) groups is 2. The fourth-order valence-electron chi connectivity index (χ4n) is 2.74. The summed E-state index contributed by atoms with van der Waals surface area (Å²) in [6, 6.07) is -0.184. The van der Waals surface area contributed by atoms with Crippen LogP contribution in [0.15, 0.2) is 17.0 Å². The number of Topliss-reactive ketones (excluding diaryl/α,β-unsaturated/α-hetero) is 1. The standard InChI is InChI=1S/C21H24Cl2F3N3O5S2/c1-5-11(30)8-13-17(35-19(28-13)18(31)27-9-20(3,4)32)12-6-7-14(16(23)15(12)22)36(33,34)29-10(2)21(24,25)26/h6-7,10,29,32H,5,8-9H2,1-4H3,(H,27,31)/t10-/m0/s1. The van der Waals surface area contributed by atoms with Crippen LogP contribution in [-0.2, 0) is 21.2 Å². The number of amides is 1. The van der Waals surface area contributed by atoms with Gasteiger partial charge < -0.3 is 10.4 Å². The third-order valence-electron chi connectivity index (χ3n) is 4.74. The summed E-state index contributed by atoms with van der Waals surface area (Å²) in [5, 5.41) is 11.5. The minimum absolute atomic E-state index is 0.0438. The van der Waals surface area contributed by atoms with Gasteiger partial charge in [0.15, 0.2) is 5.01 Å². The van der Waals surface area contributed by atoms with E-state index in [1.807, 2.05) is 0 Å². The van der Waals surface area contributed by atoms with Gasteiger partial charge in [0.25, 0.3) is 5.91 Å². The minimum atomic E-state index is -4.82. The van der Waals surface area contributed by atoms with E-state index in [1.165, 1.54) is 24.6 Å². The van der Waals surface area contributed by atoms with E-state index in [-0.39, 0.29) is 51.3 Å². The lowest BCUT2D eigenvalue weighted by Gasteiger charge is -2.18. The predicted molar refractivity (Wildman–Crippen MR) is 131 cm³/mol. The second-order valence-corrected chi connectivity index (χ2v) is 11.9. The van der Waals surface area contributed by atoms with Crippen LogP contribution in [0, 0.1) is 0 Å². The van der Waals surface area contributed by atoms with Crippen LogP contribution < -0.4 is 10.0 Å². The number of alkyl halides is 3. The van der Waals surface area contributed by atoms with Crippen molar-refractivity contribution in [1.82, 2.24) is 15.0 Å². The van der Waals surface area contributed by atoms with Crippen molar-refractivity contribution in [2.24, 2.45) is 0 Å². The van der Waals surface area contributed by atoms with Crippen LogP contribution in [0.5, 0.6) is 0 Å². The van der Waals surface area contributed by atoms with Crippen LogP contribution >= 0.6 is 34.5 Å². The van der Waals surface area contributed by atoms with E-state index in [0.717, 1.165) is 17.4 Å². The number of sulfonamides is 1. The molecule has 2 aromatic rings. The monoisotopic (exact) mass is 589 g/mol. The van der Waals surface area contributed by atoms with Gasteiger partial charge in [-0.15, -0.1) is 11.3 Å². The smallest absolute Gasteiger partial charge is 0.389 e. The minimum Gasteiger partial charge on any atom is -0.389 e. The van der Waals surface area contributed by atoms with E-state index in [4.69, 9.17) is 23.2 Å². The summed E-state index contributed by atoms with van der Waals surface area (Å²) in [4.78, 5) is 28.5. The highest BCUT2D eigenvalue weighted by molar-refractivity contribution is 7.89. The van der Waals surface area contributed by atoms with E-state index in [9.17, 15) is 36.3 Å². The number of ketones is 1. The van der Waals surface area contributed by atoms with Crippen molar-refractivity contribution < 1.29 is 36.3 Å². The molecule has 1 heterocycles. The topological polar surface area (TPSA) is 125 Å². The van der Waals surface area contributed by atoms with Crippen molar-refractivity contribution in [3.8, 4) is 10.4 Å². The average Bonchev–Trinajstić information content (AvgIpc) is 3.15. The van der Waals surface area contributed by atoms with Crippen molar-refractivity contribution in [3.05, 3.63) is 32.9 Å². The maximum Gasteiger partial charge on any atom is 0.404 e. The molecule has 1 amide bonds. The van der Waals surface area contributed by atoms with E-state index in [0.29, 0.717) is 6.92 Å². The van der Waals surface area contributed by atoms with Gasteiger partial charge in [-0.1, -0.05) is 36.2 Å². The Balaban J connectivity index is 2.54. The number of thiazole rings is 1. The number of benzene rings is 1. The largest absolute Gasteiger partial charge is 0.404 e. The molecule has 2 rings (SSSR count). The highest BCUT2D eigenvalue weighted by atomic mass is 35.5. The SMILES string of the molecule is CCC(=O)Cc1nc(C(=O)NCC(C)(C)O)sc1-c1ccc(S(=O)(=O)N[C@@H](C)C(F)(F)F)c(Cl)c1Cl. The first-order chi connectivity index (χ1) is 16.4. The Kier molecular flexibility index (Phi) is 9.57. The number of nitrogens with zero attached hydrogens (tertiary/aromatic N) is 1. The van der Waals surface area contributed by atoms with Crippen molar-refractivity contribution >= 4 is 56.3 Å². The number of halogens is 5. The van der Waals surface area contributed by atoms with Crippen LogP contribution in [0.1, 0.15) is 49.6 Å². The summed E-state index contributed by atoms with van der Waals surface area (Å²) in [5.74, 6) is -0.818. The van der Waals surface area contributed by atoms with Crippen LogP contribution in [0.2, 0.25) is 10.0 Å². The quantitative estimate of drug-likeness (QED) is 0.378. The predicted octanol–water partition coefficient (Wildman–Crippen LogP) is 4.37. The Bertz CT molecular complexity index is 1260. The van der Waals surface area contributed by atoms with E-state index in [1.54, 1.807) is 6.92 Å². The van der Waals surface area contributed by atoms with Crippen molar-refractivity contribution in [2.75, 3.05) is 6.54 Å². The molecule has 36 heavy (non-hydrogen) atoms. The summed E-state index contributed by atoms with van der Waals surface area (Å²) in [6.45, 7) is 5.19. The lowest BCUT2D eigenvalue weighted by Crippen LogP contribution is -2.43. The summed E-state index contributed by atoms with van der Waals surface area (Å²) in [6.07, 6.45) is -4.79. The maximum absolute atomic E-state index is 12.9. The number of hydrogen-bond acceptors (Lipinski definition) is 7. The lowest BCUT2D eigenvalue weighted by atomic mass is 10.1. The van der Waals surface area contributed by atoms with E-state index < -0.39 is 43.7 Å². The van der Waals surface area contributed by atoms with Crippen LogP contribution in [0.4, 0.5) is 13.2 Å². The van der Waals surface area contributed by atoms with Gasteiger partial charge in [-0.05, 0) is 26.8 Å². The number of carbonyl (C=O) groups excluding carboxylic acids is 2. The summed E-state index contributed by atoms with van der Waals surface area (Å²) in [7, 11) is -4.70. The van der Waals surface area contributed by atoms with Crippen molar-refractivity contribution in [3.63, 3.8) is 0 Å². The molecule has 1 aromatic carbocycles. The van der Waals surface area contributed by atoms with Gasteiger partial charge in [0, 0.05) is 18.5 Å². The van der Waals surface area contributed by atoms with Gasteiger partial charge in [-0.2, -0.15) is 17.9 Å². The normalized spacial score (nSPS) is 13.5.